The SMILES string of the molecule is NCCCc1nc2ccc(-c3nc4ccc(-c5nc6ccc(-c7ccccc7)cc6[nH]5)cc4[nH]3)cc2[nH]1. The Bertz CT molecular complexity index is 1870. The Morgan fingerprint density at radius 2 is 1.08 bits per heavy atom. The zero-order valence-corrected chi connectivity index (χ0v) is 20.1. The zero-order chi connectivity index (χ0) is 24.8. The molecule has 7 heteroatoms. The molecule has 180 valence electrons. The van der Waals surface area contributed by atoms with E-state index in [2.05, 4.69) is 86.7 Å². The highest BCUT2D eigenvalue weighted by molar-refractivity contribution is 5.88. The van der Waals surface area contributed by atoms with E-state index in [-0.39, 0.29) is 0 Å². The zero-order valence-electron chi connectivity index (χ0n) is 20.1. The number of aromatic amines is 3. The molecule has 3 heterocycles. The van der Waals surface area contributed by atoms with Crippen LogP contribution in [0.1, 0.15) is 12.2 Å². The lowest BCUT2D eigenvalue weighted by atomic mass is 10.1. The molecule has 0 bridgehead atoms. The van der Waals surface area contributed by atoms with E-state index in [1.165, 1.54) is 5.56 Å². The quantitative estimate of drug-likeness (QED) is 0.225. The maximum Gasteiger partial charge on any atom is 0.138 e. The summed E-state index contributed by atoms with van der Waals surface area (Å²) in [5.74, 6) is 2.62. The van der Waals surface area contributed by atoms with Crippen LogP contribution >= 0.6 is 0 Å². The molecule has 0 amide bonds. The van der Waals surface area contributed by atoms with Gasteiger partial charge in [-0.1, -0.05) is 36.4 Å². The molecular weight excluding hydrogens is 458 g/mol. The molecular formula is C30H25N7. The number of hydrogen-bond donors (Lipinski definition) is 4. The van der Waals surface area contributed by atoms with Gasteiger partial charge in [-0.15, -0.1) is 0 Å². The maximum absolute atomic E-state index is 5.64. The summed E-state index contributed by atoms with van der Waals surface area (Å²) in [4.78, 5) is 24.7. The first-order valence-corrected chi connectivity index (χ1v) is 12.5. The minimum atomic E-state index is 0.659. The van der Waals surface area contributed by atoms with E-state index in [9.17, 15) is 0 Å². The van der Waals surface area contributed by atoms with Crippen LogP contribution < -0.4 is 5.73 Å². The van der Waals surface area contributed by atoms with E-state index in [4.69, 9.17) is 15.7 Å². The Morgan fingerprint density at radius 1 is 0.541 bits per heavy atom. The number of nitrogens with two attached hydrogens (primary N) is 1. The average Bonchev–Trinajstić information content (AvgIpc) is 3.67. The van der Waals surface area contributed by atoms with E-state index in [1.807, 2.05) is 18.2 Å². The monoisotopic (exact) mass is 483 g/mol. The number of hydrogen-bond acceptors (Lipinski definition) is 4. The number of aromatic nitrogens is 6. The van der Waals surface area contributed by atoms with Crippen LogP contribution in [0.15, 0.2) is 84.9 Å². The van der Waals surface area contributed by atoms with Crippen molar-refractivity contribution in [2.75, 3.05) is 6.54 Å². The summed E-state index contributed by atoms with van der Waals surface area (Å²) >= 11 is 0. The molecule has 0 aliphatic rings. The topological polar surface area (TPSA) is 112 Å². The molecule has 0 fully saturated rings. The fraction of sp³-hybridized carbons (Fsp3) is 0.100. The van der Waals surface area contributed by atoms with Gasteiger partial charge in [0.05, 0.1) is 33.1 Å². The molecule has 7 aromatic rings. The lowest BCUT2D eigenvalue weighted by Crippen LogP contribution is -2.01. The van der Waals surface area contributed by atoms with E-state index in [0.29, 0.717) is 6.54 Å². The molecule has 0 saturated carbocycles. The molecule has 0 atom stereocenters. The second-order valence-electron chi connectivity index (χ2n) is 9.31. The van der Waals surface area contributed by atoms with Crippen LogP contribution in [-0.2, 0) is 6.42 Å². The van der Waals surface area contributed by atoms with Gasteiger partial charge in [0.1, 0.15) is 17.5 Å². The molecule has 3 aromatic heterocycles. The predicted octanol–water partition coefficient (Wildman–Crippen LogP) is 6.21. The highest BCUT2D eigenvalue weighted by atomic mass is 14.9. The van der Waals surface area contributed by atoms with Crippen LogP contribution in [-0.4, -0.2) is 36.4 Å². The normalized spacial score (nSPS) is 11.7. The van der Waals surface area contributed by atoms with Crippen LogP contribution in [0.5, 0.6) is 0 Å². The standard InChI is InChI=1S/C30H25N7/c31-14-4-7-28-32-22-12-9-20(16-25(22)33-28)29-35-24-13-10-21(17-27(24)37-29)30-34-23-11-8-19(15-26(23)36-30)18-5-2-1-3-6-18/h1-3,5-6,8-13,15-17H,4,7,14,31H2,(H,32,33)(H,34,36)(H,35,37). The number of nitrogens with zero attached hydrogens (tertiary/aromatic N) is 3. The van der Waals surface area contributed by atoms with Crippen molar-refractivity contribution in [1.82, 2.24) is 29.9 Å². The fourth-order valence-corrected chi connectivity index (χ4v) is 4.85. The van der Waals surface area contributed by atoms with Crippen LogP contribution in [0.3, 0.4) is 0 Å². The number of H-pyrrole nitrogens is 3. The Kier molecular flexibility index (Phi) is 5.08. The van der Waals surface area contributed by atoms with Gasteiger partial charge >= 0.3 is 0 Å². The number of imidazole rings is 3. The summed E-state index contributed by atoms with van der Waals surface area (Å²) < 4.78 is 0. The molecule has 4 aromatic carbocycles. The van der Waals surface area contributed by atoms with Gasteiger partial charge in [-0.05, 0) is 72.6 Å². The largest absolute Gasteiger partial charge is 0.342 e. The number of fused-ring (bicyclic) bond motifs is 3. The summed E-state index contributed by atoms with van der Waals surface area (Å²) in [6.45, 7) is 0.659. The second kappa shape index (κ2) is 8.72. The molecule has 7 nitrogen and oxygen atoms in total. The minimum absolute atomic E-state index is 0.659. The Morgan fingerprint density at radius 3 is 1.70 bits per heavy atom. The lowest BCUT2D eigenvalue weighted by Gasteiger charge is -2.00. The van der Waals surface area contributed by atoms with E-state index < -0.39 is 0 Å². The van der Waals surface area contributed by atoms with Crippen molar-refractivity contribution in [2.45, 2.75) is 12.8 Å². The number of aryl methyl sites for hydroxylation is 1. The van der Waals surface area contributed by atoms with Gasteiger partial charge < -0.3 is 20.7 Å². The molecule has 0 unspecified atom stereocenters. The second-order valence-corrected chi connectivity index (χ2v) is 9.31. The van der Waals surface area contributed by atoms with Crippen molar-refractivity contribution >= 4 is 33.1 Å². The fourth-order valence-electron chi connectivity index (χ4n) is 4.85. The summed E-state index contributed by atoms with van der Waals surface area (Å²) in [6, 6.07) is 29.1. The molecule has 0 aliphatic carbocycles. The molecule has 0 spiro atoms. The first kappa shape index (κ1) is 21.5. The molecule has 5 N–H and O–H groups in total. The van der Waals surface area contributed by atoms with Gasteiger partial charge in [-0.2, -0.15) is 0 Å². The van der Waals surface area contributed by atoms with Crippen molar-refractivity contribution in [3.8, 4) is 33.9 Å². The van der Waals surface area contributed by atoms with Gasteiger partial charge in [0, 0.05) is 17.5 Å². The Balaban J connectivity index is 1.21. The minimum Gasteiger partial charge on any atom is -0.342 e. The Labute approximate surface area is 212 Å². The lowest BCUT2D eigenvalue weighted by molar-refractivity contribution is 0.796. The van der Waals surface area contributed by atoms with E-state index >= 15 is 0 Å². The highest BCUT2D eigenvalue weighted by Gasteiger charge is 2.12. The van der Waals surface area contributed by atoms with Gasteiger partial charge in [0.25, 0.3) is 0 Å². The van der Waals surface area contributed by atoms with Gasteiger partial charge in [-0.3, -0.25) is 0 Å². The summed E-state index contributed by atoms with van der Waals surface area (Å²) in [5.41, 5.74) is 15.8. The number of rotatable bonds is 6. The number of benzene rings is 4. The van der Waals surface area contributed by atoms with Crippen molar-refractivity contribution in [2.24, 2.45) is 5.73 Å². The van der Waals surface area contributed by atoms with Gasteiger partial charge in [-0.25, -0.2) is 15.0 Å². The molecule has 0 radical (unpaired) electrons. The van der Waals surface area contributed by atoms with Crippen LogP contribution in [0.2, 0.25) is 0 Å². The van der Waals surface area contributed by atoms with E-state index in [1.54, 1.807) is 0 Å². The average molecular weight is 484 g/mol. The first-order chi connectivity index (χ1) is 18.2. The van der Waals surface area contributed by atoms with Crippen molar-refractivity contribution in [3.05, 3.63) is 90.8 Å². The van der Waals surface area contributed by atoms with Crippen molar-refractivity contribution in [1.29, 1.82) is 0 Å². The predicted molar refractivity (Wildman–Crippen MR) is 149 cm³/mol. The van der Waals surface area contributed by atoms with Gasteiger partial charge in [0.15, 0.2) is 0 Å². The highest BCUT2D eigenvalue weighted by Crippen LogP contribution is 2.29. The molecule has 0 saturated heterocycles. The molecule has 0 aliphatic heterocycles. The molecule has 7 rings (SSSR count). The maximum atomic E-state index is 5.64. The summed E-state index contributed by atoms with van der Waals surface area (Å²) in [5, 5.41) is 0. The third-order valence-electron chi connectivity index (χ3n) is 6.77. The molecule has 37 heavy (non-hydrogen) atoms. The first-order valence-electron chi connectivity index (χ1n) is 12.5. The number of nitrogens with one attached hydrogen (secondary N) is 3. The van der Waals surface area contributed by atoms with Crippen LogP contribution in [0, 0.1) is 0 Å². The van der Waals surface area contributed by atoms with E-state index in [0.717, 1.165) is 80.1 Å². The van der Waals surface area contributed by atoms with Crippen LogP contribution in [0.4, 0.5) is 0 Å². The summed E-state index contributed by atoms with van der Waals surface area (Å²) in [7, 11) is 0. The Hall–Kier alpha value is -4.75. The van der Waals surface area contributed by atoms with Crippen LogP contribution in [0.25, 0.3) is 67.0 Å². The third-order valence-corrected chi connectivity index (χ3v) is 6.77. The third kappa shape index (κ3) is 3.95. The van der Waals surface area contributed by atoms with Gasteiger partial charge in [0.2, 0.25) is 0 Å². The van der Waals surface area contributed by atoms with Crippen molar-refractivity contribution in [3.63, 3.8) is 0 Å². The smallest absolute Gasteiger partial charge is 0.138 e. The van der Waals surface area contributed by atoms with Crippen molar-refractivity contribution < 1.29 is 0 Å². The summed E-state index contributed by atoms with van der Waals surface area (Å²) in [6.07, 6.45) is 1.77.